The van der Waals surface area contributed by atoms with Gasteiger partial charge in [-0.3, -0.25) is 4.79 Å². The summed E-state index contributed by atoms with van der Waals surface area (Å²) in [4.78, 5) is 13.7. The van der Waals surface area contributed by atoms with Crippen LogP contribution in [0.3, 0.4) is 0 Å². The highest BCUT2D eigenvalue weighted by atomic mass is 79.9. The lowest BCUT2D eigenvalue weighted by atomic mass is 9.97. The van der Waals surface area contributed by atoms with Crippen molar-refractivity contribution in [2.45, 2.75) is 18.3 Å². The molecule has 0 spiro atoms. The van der Waals surface area contributed by atoms with Crippen molar-refractivity contribution in [3.05, 3.63) is 34.9 Å². The van der Waals surface area contributed by atoms with Crippen LogP contribution in [0.5, 0.6) is 0 Å². The van der Waals surface area contributed by atoms with Crippen molar-refractivity contribution in [2.75, 3.05) is 7.05 Å². The molecule has 1 aliphatic rings. The molecule has 1 amide bonds. The number of alkyl halides is 1. The van der Waals surface area contributed by atoms with Gasteiger partial charge in [-0.15, -0.1) is 0 Å². The van der Waals surface area contributed by atoms with E-state index in [-0.39, 0.29) is 10.9 Å². The van der Waals surface area contributed by atoms with Crippen molar-refractivity contribution in [3.8, 4) is 0 Å². The fraction of sp³-hybridized carbons (Fsp3) is 0.364. The van der Waals surface area contributed by atoms with Gasteiger partial charge in [0.25, 0.3) is 5.91 Å². The number of nitrogens with zero attached hydrogens (tertiary/aromatic N) is 1. The normalized spacial score (nSPS) is 20.9. The van der Waals surface area contributed by atoms with Gasteiger partial charge in [-0.05, 0) is 18.6 Å². The number of carbonyl (C=O) groups is 1. The molecule has 0 fully saturated rings. The Labute approximate surface area is 92.0 Å². The zero-order valence-corrected chi connectivity index (χ0v) is 9.84. The van der Waals surface area contributed by atoms with Crippen LogP contribution in [0.25, 0.3) is 0 Å². The van der Waals surface area contributed by atoms with Crippen LogP contribution in [0.4, 0.5) is 0 Å². The molecule has 0 saturated heterocycles. The fourth-order valence-corrected chi connectivity index (χ4v) is 2.24. The van der Waals surface area contributed by atoms with E-state index >= 15 is 0 Å². The van der Waals surface area contributed by atoms with Gasteiger partial charge in [0.05, 0.1) is 4.95 Å². The molecule has 14 heavy (non-hydrogen) atoms. The zero-order valence-electron chi connectivity index (χ0n) is 8.25. The van der Waals surface area contributed by atoms with Gasteiger partial charge < -0.3 is 4.90 Å². The van der Waals surface area contributed by atoms with Crippen molar-refractivity contribution < 1.29 is 4.79 Å². The summed E-state index contributed by atoms with van der Waals surface area (Å²) in [6, 6.07) is 6.06. The second kappa shape index (κ2) is 3.39. The molecule has 1 atom stereocenters. The van der Waals surface area contributed by atoms with Gasteiger partial charge in [0.2, 0.25) is 0 Å². The minimum atomic E-state index is 0.108. The molecule has 0 N–H and O–H groups in total. The molecule has 1 heterocycles. The molecular weight excluding hydrogens is 242 g/mol. The molecule has 0 saturated carbocycles. The van der Waals surface area contributed by atoms with Gasteiger partial charge in [-0.1, -0.05) is 33.6 Å². The molecule has 0 radical (unpaired) electrons. The Morgan fingerprint density at radius 1 is 1.50 bits per heavy atom. The summed E-state index contributed by atoms with van der Waals surface area (Å²) in [6.45, 7) is 2.01. The highest BCUT2D eigenvalue weighted by Crippen LogP contribution is 2.25. The highest BCUT2D eigenvalue weighted by molar-refractivity contribution is 9.09. The first-order valence-corrected chi connectivity index (χ1v) is 5.52. The van der Waals surface area contributed by atoms with Crippen LogP contribution in [0.2, 0.25) is 0 Å². The molecule has 1 aliphatic heterocycles. The zero-order chi connectivity index (χ0) is 10.3. The third-order valence-corrected chi connectivity index (χ3v) is 3.56. The Hall–Kier alpha value is -0.830. The number of benzene rings is 1. The van der Waals surface area contributed by atoms with Gasteiger partial charge in [0.15, 0.2) is 0 Å². The number of likely N-dealkylation sites (N-methyl/N-ethyl adjacent to an activating group) is 1. The van der Waals surface area contributed by atoms with Gasteiger partial charge >= 0.3 is 0 Å². The molecule has 74 valence electrons. The predicted octanol–water partition coefficient (Wildman–Crippen LogP) is 2.34. The van der Waals surface area contributed by atoms with E-state index in [4.69, 9.17) is 0 Å². The maximum absolute atomic E-state index is 11.9. The van der Waals surface area contributed by atoms with Crippen molar-refractivity contribution in [3.63, 3.8) is 0 Å². The molecule has 2 rings (SSSR count). The highest BCUT2D eigenvalue weighted by Gasteiger charge is 2.27. The van der Waals surface area contributed by atoms with E-state index in [1.807, 2.05) is 26.1 Å². The Bertz CT molecular complexity index is 389. The Balaban J connectivity index is 2.51. The first-order chi connectivity index (χ1) is 6.59. The number of amides is 1. The number of fused-ring (bicyclic) bond motifs is 1. The molecule has 2 nitrogen and oxygen atoms in total. The van der Waals surface area contributed by atoms with E-state index in [2.05, 4.69) is 22.0 Å². The van der Waals surface area contributed by atoms with E-state index in [0.29, 0.717) is 0 Å². The minimum absolute atomic E-state index is 0.108. The summed E-state index contributed by atoms with van der Waals surface area (Å²) in [5.41, 5.74) is 3.13. The largest absolute Gasteiger partial charge is 0.329 e. The summed E-state index contributed by atoms with van der Waals surface area (Å²) in [6.07, 6.45) is 0.887. The van der Waals surface area contributed by atoms with E-state index in [9.17, 15) is 4.79 Å². The van der Waals surface area contributed by atoms with Crippen LogP contribution in [0, 0.1) is 6.92 Å². The maximum Gasteiger partial charge on any atom is 0.254 e. The van der Waals surface area contributed by atoms with Crippen molar-refractivity contribution in [2.24, 2.45) is 0 Å². The van der Waals surface area contributed by atoms with E-state index < -0.39 is 0 Å². The van der Waals surface area contributed by atoms with Gasteiger partial charge in [0, 0.05) is 19.0 Å². The SMILES string of the molecule is Cc1ccc2c(c1)C(=O)N(C)C(Br)C2. The molecule has 0 aliphatic carbocycles. The third kappa shape index (κ3) is 1.46. The van der Waals surface area contributed by atoms with Crippen LogP contribution in [-0.2, 0) is 6.42 Å². The number of carbonyl (C=O) groups excluding carboxylic acids is 1. The first kappa shape index (κ1) is 9.71. The average Bonchev–Trinajstić information content (AvgIpc) is 2.16. The molecule has 1 aromatic carbocycles. The monoisotopic (exact) mass is 253 g/mol. The third-order valence-electron chi connectivity index (χ3n) is 2.62. The Morgan fingerprint density at radius 2 is 2.21 bits per heavy atom. The van der Waals surface area contributed by atoms with Crippen LogP contribution < -0.4 is 0 Å². The minimum Gasteiger partial charge on any atom is -0.329 e. The van der Waals surface area contributed by atoms with Crippen LogP contribution >= 0.6 is 15.9 Å². The van der Waals surface area contributed by atoms with E-state index in [1.165, 1.54) is 0 Å². The maximum atomic E-state index is 11.9. The predicted molar refractivity (Wildman–Crippen MR) is 59.7 cm³/mol. The molecule has 0 aromatic heterocycles. The topological polar surface area (TPSA) is 20.3 Å². The first-order valence-electron chi connectivity index (χ1n) is 4.60. The van der Waals surface area contributed by atoms with Crippen LogP contribution in [0.1, 0.15) is 21.5 Å². The summed E-state index contributed by atoms with van der Waals surface area (Å²) in [5.74, 6) is 0.108. The van der Waals surface area contributed by atoms with Gasteiger partial charge in [0.1, 0.15) is 0 Å². The Kier molecular flexibility index (Phi) is 2.35. The van der Waals surface area contributed by atoms with Gasteiger partial charge in [-0.2, -0.15) is 0 Å². The van der Waals surface area contributed by atoms with E-state index in [0.717, 1.165) is 23.1 Å². The molecule has 1 unspecified atom stereocenters. The second-order valence-corrected chi connectivity index (χ2v) is 4.77. The number of hydrogen-bond acceptors (Lipinski definition) is 1. The van der Waals surface area contributed by atoms with Crippen molar-refractivity contribution >= 4 is 21.8 Å². The summed E-state index contributed by atoms with van der Waals surface area (Å²) in [7, 11) is 1.83. The van der Waals surface area contributed by atoms with Gasteiger partial charge in [-0.25, -0.2) is 0 Å². The average molecular weight is 254 g/mol. The summed E-state index contributed by atoms with van der Waals surface area (Å²) < 4.78 is 0. The smallest absolute Gasteiger partial charge is 0.254 e. The van der Waals surface area contributed by atoms with Crippen LogP contribution in [0.15, 0.2) is 18.2 Å². The quantitative estimate of drug-likeness (QED) is 0.514. The number of aryl methyl sites for hydroxylation is 1. The standard InChI is InChI=1S/C11H12BrNO/c1-7-3-4-8-6-10(12)13(2)11(14)9(8)5-7/h3-5,10H,6H2,1-2H3. The lowest BCUT2D eigenvalue weighted by Crippen LogP contribution is -2.39. The molecule has 1 aromatic rings. The lowest BCUT2D eigenvalue weighted by molar-refractivity contribution is 0.0766. The van der Waals surface area contributed by atoms with Crippen LogP contribution in [-0.4, -0.2) is 22.8 Å². The van der Waals surface area contributed by atoms with Crippen molar-refractivity contribution in [1.29, 1.82) is 0 Å². The number of hydrogen-bond donors (Lipinski definition) is 0. The molecule has 3 heteroatoms. The molecular formula is C11H12BrNO. The van der Waals surface area contributed by atoms with Crippen molar-refractivity contribution in [1.82, 2.24) is 4.90 Å². The fourth-order valence-electron chi connectivity index (χ4n) is 1.70. The lowest BCUT2D eigenvalue weighted by Gasteiger charge is -2.30. The number of rotatable bonds is 0. The summed E-state index contributed by atoms with van der Waals surface area (Å²) in [5, 5.41) is 0. The molecule has 0 bridgehead atoms. The van der Waals surface area contributed by atoms with E-state index in [1.54, 1.807) is 4.90 Å². The summed E-state index contributed by atoms with van der Waals surface area (Å²) >= 11 is 3.49. The second-order valence-electron chi connectivity index (χ2n) is 3.72. The Morgan fingerprint density at radius 3 is 2.93 bits per heavy atom. The number of halogens is 1.